The van der Waals surface area contributed by atoms with Crippen molar-refractivity contribution in [3.8, 4) is 0 Å². The molecule has 0 aliphatic heterocycles. The summed E-state index contributed by atoms with van der Waals surface area (Å²) in [7, 11) is 0. The van der Waals surface area contributed by atoms with Crippen LogP contribution in [0.5, 0.6) is 0 Å². The van der Waals surface area contributed by atoms with Gasteiger partial charge in [-0.1, -0.05) is 40.2 Å². The van der Waals surface area contributed by atoms with Gasteiger partial charge in [-0.2, -0.15) is 5.10 Å². The van der Waals surface area contributed by atoms with E-state index in [9.17, 15) is 10.1 Å². The van der Waals surface area contributed by atoms with Crippen LogP contribution in [0.2, 0.25) is 0 Å². The first-order valence-electron chi connectivity index (χ1n) is 7.35. The number of halogens is 1. The fourth-order valence-electron chi connectivity index (χ4n) is 2.45. The van der Waals surface area contributed by atoms with Gasteiger partial charge in [0.15, 0.2) is 0 Å². The van der Waals surface area contributed by atoms with Gasteiger partial charge in [-0.25, -0.2) is 0 Å². The quantitative estimate of drug-likeness (QED) is 0.508. The molecule has 0 fully saturated rings. The fraction of sp³-hybridized carbons (Fsp3) is 0.118. The highest BCUT2D eigenvalue weighted by Crippen LogP contribution is 2.28. The lowest BCUT2D eigenvalue weighted by Gasteiger charge is -2.12. The lowest BCUT2D eigenvalue weighted by Crippen LogP contribution is -2.08. The Labute approximate surface area is 147 Å². The van der Waals surface area contributed by atoms with Crippen LogP contribution in [0.1, 0.15) is 11.1 Å². The number of nitro benzene ring substituents is 1. The first-order chi connectivity index (χ1) is 11.6. The summed E-state index contributed by atoms with van der Waals surface area (Å²) in [6.07, 6.45) is 3.65. The number of nitro groups is 1. The van der Waals surface area contributed by atoms with E-state index in [1.807, 2.05) is 41.2 Å². The van der Waals surface area contributed by atoms with Gasteiger partial charge in [0.2, 0.25) is 0 Å². The van der Waals surface area contributed by atoms with Gasteiger partial charge in [0.1, 0.15) is 5.69 Å². The minimum Gasteiger partial charge on any atom is -0.375 e. The van der Waals surface area contributed by atoms with Crippen molar-refractivity contribution >= 4 is 27.3 Å². The summed E-state index contributed by atoms with van der Waals surface area (Å²) in [6, 6.07) is 14.8. The van der Waals surface area contributed by atoms with E-state index in [-0.39, 0.29) is 10.6 Å². The van der Waals surface area contributed by atoms with Crippen LogP contribution in [0.3, 0.4) is 0 Å². The van der Waals surface area contributed by atoms with E-state index in [1.165, 1.54) is 6.07 Å². The zero-order valence-electron chi connectivity index (χ0n) is 12.7. The first kappa shape index (κ1) is 16.2. The number of anilines is 1. The van der Waals surface area contributed by atoms with Crippen LogP contribution in [-0.4, -0.2) is 14.7 Å². The summed E-state index contributed by atoms with van der Waals surface area (Å²) in [5.41, 5.74) is 2.74. The Balaban J connectivity index is 1.79. The SMILES string of the molecule is O=[N+]([O-])c1cc(Br)ccc1NCc1ccccc1Cn1cccn1. The molecular formula is C17H15BrN4O2. The molecule has 122 valence electrons. The maximum absolute atomic E-state index is 11.2. The van der Waals surface area contributed by atoms with E-state index in [0.29, 0.717) is 23.2 Å². The van der Waals surface area contributed by atoms with Crippen molar-refractivity contribution in [1.29, 1.82) is 0 Å². The molecule has 0 spiro atoms. The van der Waals surface area contributed by atoms with Crippen molar-refractivity contribution in [3.05, 3.63) is 86.6 Å². The second kappa shape index (κ2) is 7.27. The third kappa shape index (κ3) is 3.80. The van der Waals surface area contributed by atoms with E-state index in [4.69, 9.17) is 0 Å². The molecule has 0 radical (unpaired) electrons. The molecule has 0 saturated heterocycles. The molecule has 7 heteroatoms. The molecule has 1 aromatic heterocycles. The molecule has 3 rings (SSSR count). The average Bonchev–Trinajstić information content (AvgIpc) is 3.08. The topological polar surface area (TPSA) is 73.0 Å². The highest BCUT2D eigenvalue weighted by atomic mass is 79.9. The summed E-state index contributed by atoms with van der Waals surface area (Å²) in [5.74, 6) is 0. The first-order valence-corrected chi connectivity index (χ1v) is 8.15. The van der Waals surface area contributed by atoms with Gasteiger partial charge in [-0.3, -0.25) is 14.8 Å². The van der Waals surface area contributed by atoms with Crippen molar-refractivity contribution in [2.45, 2.75) is 13.1 Å². The highest BCUT2D eigenvalue weighted by molar-refractivity contribution is 9.10. The Morgan fingerprint density at radius 3 is 2.67 bits per heavy atom. The van der Waals surface area contributed by atoms with Crippen LogP contribution in [0.4, 0.5) is 11.4 Å². The summed E-state index contributed by atoms with van der Waals surface area (Å²) >= 11 is 3.26. The molecular weight excluding hydrogens is 372 g/mol. The van der Waals surface area contributed by atoms with E-state index < -0.39 is 0 Å². The zero-order valence-corrected chi connectivity index (χ0v) is 14.3. The van der Waals surface area contributed by atoms with Gasteiger partial charge in [0.05, 0.1) is 11.5 Å². The number of nitrogens with zero attached hydrogens (tertiary/aromatic N) is 3. The number of hydrogen-bond donors (Lipinski definition) is 1. The fourth-order valence-corrected chi connectivity index (χ4v) is 2.80. The normalized spacial score (nSPS) is 10.5. The molecule has 1 heterocycles. The zero-order chi connectivity index (χ0) is 16.9. The summed E-state index contributed by atoms with van der Waals surface area (Å²) in [6.45, 7) is 1.16. The average molecular weight is 387 g/mol. The highest BCUT2D eigenvalue weighted by Gasteiger charge is 2.14. The predicted molar refractivity (Wildman–Crippen MR) is 95.9 cm³/mol. The molecule has 0 unspecified atom stereocenters. The maximum Gasteiger partial charge on any atom is 0.293 e. The number of rotatable bonds is 6. The molecule has 0 aliphatic rings. The Kier molecular flexibility index (Phi) is 4.90. The van der Waals surface area contributed by atoms with Gasteiger partial charge in [0, 0.05) is 29.5 Å². The Morgan fingerprint density at radius 2 is 1.96 bits per heavy atom. The minimum absolute atomic E-state index is 0.0499. The van der Waals surface area contributed by atoms with Crippen LogP contribution in [0, 0.1) is 10.1 Å². The van der Waals surface area contributed by atoms with E-state index in [2.05, 4.69) is 26.3 Å². The van der Waals surface area contributed by atoms with Crippen molar-refractivity contribution < 1.29 is 4.92 Å². The third-order valence-electron chi connectivity index (χ3n) is 3.64. The van der Waals surface area contributed by atoms with Crippen molar-refractivity contribution in [3.63, 3.8) is 0 Å². The monoisotopic (exact) mass is 386 g/mol. The van der Waals surface area contributed by atoms with Crippen LogP contribution in [0.15, 0.2) is 65.4 Å². The van der Waals surface area contributed by atoms with E-state index >= 15 is 0 Å². The molecule has 0 saturated carbocycles. The van der Waals surface area contributed by atoms with Crippen LogP contribution >= 0.6 is 15.9 Å². The van der Waals surface area contributed by atoms with Crippen LogP contribution < -0.4 is 5.32 Å². The Morgan fingerprint density at radius 1 is 1.17 bits per heavy atom. The van der Waals surface area contributed by atoms with Gasteiger partial charge in [0.25, 0.3) is 5.69 Å². The molecule has 3 aromatic rings. The second-order valence-electron chi connectivity index (χ2n) is 5.24. The summed E-state index contributed by atoms with van der Waals surface area (Å²) in [4.78, 5) is 10.8. The largest absolute Gasteiger partial charge is 0.375 e. The lowest BCUT2D eigenvalue weighted by molar-refractivity contribution is -0.384. The van der Waals surface area contributed by atoms with E-state index in [0.717, 1.165) is 11.1 Å². The summed E-state index contributed by atoms with van der Waals surface area (Å²) < 4.78 is 2.53. The minimum atomic E-state index is -0.386. The molecule has 6 nitrogen and oxygen atoms in total. The predicted octanol–water partition coefficient (Wildman–Crippen LogP) is 4.21. The number of hydrogen-bond acceptors (Lipinski definition) is 4. The van der Waals surface area contributed by atoms with Gasteiger partial charge < -0.3 is 5.32 Å². The van der Waals surface area contributed by atoms with Crippen molar-refractivity contribution in [2.24, 2.45) is 0 Å². The number of benzene rings is 2. The maximum atomic E-state index is 11.2. The van der Waals surface area contributed by atoms with Gasteiger partial charge in [-0.05, 0) is 29.3 Å². The summed E-state index contributed by atoms with van der Waals surface area (Å²) in [5, 5.41) is 18.6. The Hall–Kier alpha value is -2.67. The second-order valence-corrected chi connectivity index (χ2v) is 6.16. The molecule has 0 bridgehead atoms. The molecule has 2 aromatic carbocycles. The molecule has 24 heavy (non-hydrogen) atoms. The standard InChI is InChI=1S/C17H15BrN4O2/c18-15-6-7-16(17(10-15)22(23)24)19-11-13-4-1-2-5-14(13)12-21-9-3-8-20-21/h1-10,19H,11-12H2. The number of aromatic nitrogens is 2. The van der Waals surface area contributed by atoms with Crippen molar-refractivity contribution in [2.75, 3.05) is 5.32 Å². The van der Waals surface area contributed by atoms with Crippen LogP contribution in [-0.2, 0) is 13.1 Å². The smallest absolute Gasteiger partial charge is 0.293 e. The van der Waals surface area contributed by atoms with Crippen LogP contribution in [0.25, 0.3) is 0 Å². The number of nitrogens with one attached hydrogen (secondary N) is 1. The molecule has 1 N–H and O–H groups in total. The lowest BCUT2D eigenvalue weighted by atomic mass is 10.1. The van der Waals surface area contributed by atoms with Gasteiger partial charge in [-0.15, -0.1) is 0 Å². The molecule has 0 atom stereocenters. The van der Waals surface area contributed by atoms with Gasteiger partial charge >= 0.3 is 0 Å². The molecule has 0 amide bonds. The van der Waals surface area contributed by atoms with E-state index in [1.54, 1.807) is 18.3 Å². The van der Waals surface area contributed by atoms with Crippen molar-refractivity contribution in [1.82, 2.24) is 9.78 Å². The molecule has 0 aliphatic carbocycles. The third-order valence-corrected chi connectivity index (χ3v) is 4.13. The Bertz CT molecular complexity index is 850.